The maximum atomic E-state index is 11.5. The molecule has 0 radical (unpaired) electrons. The molecule has 7 heteroatoms. The number of anilines is 1. The van der Waals surface area contributed by atoms with E-state index in [-0.39, 0.29) is 17.3 Å². The fourth-order valence-corrected chi connectivity index (χ4v) is 6.25. The van der Waals surface area contributed by atoms with Gasteiger partial charge >= 0.3 is 0 Å². The highest BCUT2D eigenvalue weighted by molar-refractivity contribution is 6.80. The molecule has 0 aliphatic carbocycles. The van der Waals surface area contributed by atoms with E-state index >= 15 is 0 Å². The number of carbonyl (C=O) groups excluding carboxylic acids is 1. The zero-order valence-corrected chi connectivity index (χ0v) is 18.6. The van der Waals surface area contributed by atoms with Crippen molar-refractivity contribution in [3.8, 4) is 0 Å². The average molecular weight is 422 g/mol. The van der Waals surface area contributed by atoms with E-state index in [1.807, 2.05) is 17.0 Å². The summed E-state index contributed by atoms with van der Waals surface area (Å²) in [4.78, 5) is 17.7. The van der Waals surface area contributed by atoms with Gasteiger partial charge in [0.05, 0.1) is 0 Å². The second kappa shape index (κ2) is 8.08. The summed E-state index contributed by atoms with van der Waals surface area (Å²) >= 11 is 0. The Morgan fingerprint density at radius 3 is 2.13 bits per heavy atom. The number of hydrogen-bond acceptors (Lipinski definition) is 5. The molecule has 1 fully saturated rings. The lowest BCUT2D eigenvalue weighted by molar-refractivity contribution is 0.000405. The predicted molar refractivity (Wildman–Crippen MR) is 119 cm³/mol. The zero-order chi connectivity index (χ0) is 21.3. The van der Waals surface area contributed by atoms with Crippen LogP contribution in [0.1, 0.15) is 31.3 Å². The van der Waals surface area contributed by atoms with Crippen LogP contribution in [0, 0.1) is 11.3 Å². The molecule has 0 bridgehead atoms. The van der Waals surface area contributed by atoms with Crippen LogP contribution in [0.4, 0.5) is 6.01 Å². The molecule has 1 aliphatic rings. The molecule has 2 unspecified atom stereocenters. The van der Waals surface area contributed by atoms with Gasteiger partial charge in [-0.15, -0.1) is 0 Å². The average Bonchev–Trinajstić information content (AvgIpc) is 3.18. The van der Waals surface area contributed by atoms with Gasteiger partial charge in [-0.05, 0) is 15.8 Å². The molecule has 0 saturated carbocycles. The number of oxazole rings is 1. The minimum absolute atomic E-state index is 0.0482. The Kier molecular flexibility index (Phi) is 5.49. The first-order chi connectivity index (χ1) is 14.3. The smallest absolute Gasteiger partial charge is 0.300 e. The quantitative estimate of drug-likeness (QED) is 0.617. The largest absolute Gasteiger partial charge is 0.431 e. The molecular formula is C23H27N3O3Si. The highest BCUT2D eigenvalue weighted by Gasteiger charge is 2.49. The third-order valence-corrected chi connectivity index (χ3v) is 8.16. The van der Waals surface area contributed by atoms with E-state index in [0.717, 1.165) is 6.54 Å². The molecule has 4 rings (SSSR count). The number of carbonyl (C=O) groups is 1. The lowest BCUT2D eigenvalue weighted by Gasteiger charge is -2.53. The molecule has 2 aromatic carbocycles. The van der Waals surface area contributed by atoms with Gasteiger partial charge < -0.3 is 19.5 Å². The number of nitrogens with two attached hydrogens (primary N) is 1. The minimum atomic E-state index is -1.96. The van der Waals surface area contributed by atoms with E-state index in [9.17, 15) is 4.79 Å². The maximum absolute atomic E-state index is 11.5. The Labute approximate surface area is 178 Å². The van der Waals surface area contributed by atoms with Crippen LogP contribution in [0.15, 0.2) is 71.3 Å². The van der Waals surface area contributed by atoms with Crippen molar-refractivity contribution < 1.29 is 13.6 Å². The van der Waals surface area contributed by atoms with Crippen LogP contribution >= 0.6 is 0 Å². The standard InChI is InChI=1S/C23H27N3O3Si/c1-23(2,3)18-14-26(22-25-19(15-28-22)20(24)27)21(18)29-30(16-10-6-4-7-11-16)17-12-8-5-9-13-17/h4-13,15,18,21,30H,14H2,1-3H3,(H2,24,27). The van der Waals surface area contributed by atoms with Gasteiger partial charge in [-0.25, -0.2) is 0 Å². The van der Waals surface area contributed by atoms with Crippen molar-refractivity contribution in [3.05, 3.63) is 72.6 Å². The molecule has 1 saturated heterocycles. The first-order valence-corrected chi connectivity index (χ1v) is 11.7. The van der Waals surface area contributed by atoms with Crippen LogP contribution in [0.5, 0.6) is 0 Å². The van der Waals surface area contributed by atoms with Gasteiger partial charge in [0, 0.05) is 12.5 Å². The second-order valence-electron chi connectivity index (χ2n) is 8.73. The summed E-state index contributed by atoms with van der Waals surface area (Å²) in [5, 5.41) is 2.43. The number of rotatable bonds is 6. The normalized spacial score (nSPS) is 19.0. The summed E-state index contributed by atoms with van der Waals surface area (Å²) in [5.41, 5.74) is 5.52. The molecule has 1 aliphatic heterocycles. The van der Waals surface area contributed by atoms with Gasteiger partial charge in [0.1, 0.15) is 12.5 Å². The molecule has 1 aromatic heterocycles. The summed E-state index contributed by atoms with van der Waals surface area (Å²) < 4.78 is 12.4. The summed E-state index contributed by atoms with van der Waals surface area (Å²) in [7, 11) is -1.96. The van der Waals surface area contributed by atoms with E-state index in [1.165, 1.54) is 16.6 Å². The monoisotopic (exact) mass is 421 g/mol. The molecule has 1 amide bonds. The van der Waals surface area contributed by atoms with Crippen LogP contribution in [-0.4, -0.2) is 32.7 Å². The number of amides is 1. The Morgan fingerprint density at radius 2 is 1.67 bits per heavy atom. The molecule has 156 valence electrons. The maximum Gasteiger partial charge on any atom is 0.300 e. The van der Waals surface area contributed by atoms with E-state index < -0.39 is 14.9 Å². The van der Waals surface area contributed by atoms with Gasteiger partial charge in [-0.1, -0.05) is 81.4 Å². The fourth-order valence-electron chi connectivity index (χ4n) is 3.80. The SMILES string of the molecule is CC(C)(C)C1CN(c2nc(C(N)=O)co2)C1O[SiH](c1ccccc1)c1ccccc1. The lowest BCUT2D eigenvalue weighted by atomic mass is 9.74. The van der Waals surface area contributed by atoms with Gasteiger partial charge in [-0.3, -0.25) is 4.79 Å². The molecule has 0 spiro atoms. The van der Waals surface area contributed by atoms with Gasteiger partial charge in [0.2, 0.25) is 9.04 Å². The summed E-state index contributed by atoms with van der Waals surface area (Å²) in [6.45, 7) is 7.41. The van der Waals surface area contributed by atoms with Gasteiger partial charge in [0.25, 0.3) is 11.9 Å². The summed E-state index contributed by atoms with van der Waals surface area (Å²) in [5.74, 6) is -0.306. The van der Waals surface area contributed by atoms with E-state index in [0.29, 0.717) is 11.9 Å². The van der Waals surface area contributed by atoms with E-state index in [2.05, 4.69) is 74.3 Å². The van der Waals surface area contributed by atoms with Crippen molar-refractivity contribution in [2.75, 3.05) is 11.4 Å². The first-order valence-electron chi connectivity index (χ1n) is 10.1. The van der Waals surface area contributed by atoms with Crippen molar-refractivity contribution in [3.63, 3.8) is 0 Å². The highest BCUT2D eigenvalue weighted by atomic mass is 28.3. The third-order valence-electron chi connectivity index (χ3n) is 5.63. The molecule has 2 N–H and O–H groups in total. The number of hydrogen-bond donors (Lipinski definition) is 1. The van der Waals surface area contributed by atoms with Crippen molar-refractivity contribution in [2.24, 2.45) is 17.1 Å². The number of aromatic nitrogens is 1. The summed E-state index contributed by atoms with van der Waals surface area (Å²) in [6, 6.07) is 21.2. The predicted octanol–water partition coefficient (Wildman–Crippen LogP) is 2.14. The molecule has 2 heterocycles. The topological polar surface area (TPSA) is 81.6 Å². The van der Waals surface area contributed by atoms with Crippen LogP contribution in [0.25, 0.3) is 0 Å². The minimum Gasteiger partial charge on any atom is -0.431 e. The Bertz CT molecular complexity index is 962. The zero-order valence-electron chi connectivity index (χ0n) is 17.5. The number of benzene rings is 2. The molecule has 30 heavy (non-hydrogen) atoms. The molecule has 2 atom stereocenters. The van der Waals surface area contributed by atoms with Crippen LogP contribution in [0.3, 0.4) is 0 Å². The van der Waals surface area contributed by atoms with Crippen LogP contribution < -0.4 is 21.0 Å². The Balaban J connectivity index is 1.67. The first kappa shape index (κ1) is 20.4. The number of nitrogens with zero attached hydrogens (tertiary/aromatic N) is 2. The summed E-state index contributed by atoms with van der Waals surface area (Å²) in [6.07, 6.45) is 1.11. The van der Waals surface area contributed by atoms with Crippen LogP contribution in [-0.2, 0) is 4.43 Å². The van der Waals surface area contributed by atoms with Crippen LogP contribution in [0.2, 0.25) is 0 Å². The van der Waals surface area contributed by atoms with Crippen molar-refractivity contribution in [2.45, 2.75) is 27.0 Å². The van der Waals surface area contributed by atoms with E-state index in [1.54, 1.807) is 0 Å². The van der Waals surface area contributed by atoms with Crippen molar-refractivity contribution in [1.29, 1.82) is 0 Å². The fraction of sp³-hybridized carbons (Fsp3) is 0.304. The lowest BCUT2D eigenvalue weighted by Crippen LogP contribution is -2.65. The molecule has 3 aromatic rings. The third kappa shape index (κ3) is 4.03. The molecular weight excluding hydrogens is 394 g/mol. The highest BCUT2D eigenvalue weighted by Crippen LogP contribution is 2.42. The van der Waals surface area contributed by atoms with E-state index in [4.69, 9.17) is 14.6 Å². The van der Waals surface area contributed by atoms with Crippen molar-refractivity contribution >= 4 is 31.3 Å². The Hall–Kier alpha value is -2.90. The van der Waals surface area contributed by atoms with Gasteiger partial charge in [-0.2, -0.15) is 4.98 Å². The van der Waals surface area contributed by atoms with Crippen molar-refractivity contribution in [1.82, 2.24) is 4.98 Å². The Morgan fingerprint density at radius 1 is 1.10 bits per heavy atom. The number of primary amides is 1. The van der Waals surface area contributed by atoms with Gasteiger partial charge in [0.15, 0.2) is 5.69 Å². The second-order valence-corrected chi connectivity index (χ2v) is 11.1. The molecule has 6 nitrogen and oxygen atoms in total.